The number of amides is 1. The Bertz CT molecular complexity index is 935. The van der Waals surface area contributed by atoms with Gasteiger partial charge < -0.3 is 14.5 Å². The molecule has 27 heavy (non-hydrogen) atoms. The average molecular weight is 448 g/mol. The zero-order chi connectivity index (χ0) is 19.2. The molecule has 7 heteroatoms. The van der Waals surface area contributed by atoms with Crippen LogP contribution in [-0.2, 0) is 23.1 Å². The third-order valence-corrected chi connectivity index (χ3v) is 5.72. The van der Waals surface area contributed by atoms with Crippen molar-refractivity contribution >= 4 is 32.6 Å². The lowest BCUT2D eigenvalue weighted by Crippen LogP contribution is -2.22. The van der Waals surface area contributed by atoms with Crippen LogP contribution in [0.4, 0.5) is 0 Å². The van der Waals surface area contributed by atoms with Crippen molar-refractivity contribution in [1.82, 2.24) is 5.32 Å². The first kappa shape index (κ1) is 19.4. The largest absolute Gasteiger partial charge is 0.497 e. The molecule has 0 saturated heterocycles. The Balaban J connectivity index is 1.56. The van der Waals surface area contributed by atoms with Crippen LogP contribution in [0.3, 0.4) is 0 Å². The summed E-state index contributed by atoms with van der Waals surface area (Å²) < 4.78 is 24.0. The van der Waals surface area contributed by atoms with E-state index < -0.39 is 10.8 Å². The molecule has 1 N–H and O–H groups in total. The van der Waals surface area contributed by atoms with Gasteiger partial charge >= 0.3 is 0 Å². The molecule has 0 bridgehead atoms. The Morgan fingerprint density at radius 1 is 1.07 bits per heavy atom. The fourth-order valence-corrected chi connectivity index (χ4v) is 3.67. The van der Waals surface area contributed by atoms with Crippen molar-refractivity contribution in [3.63, 3.8) is 0 Å². The average Bonchev–Trinajstić information content (AvgIpc) is 3.15. The molecule has 0 spiro atoms. The van der Waals surface area contributed by atoms with Crippen molar-refractivity contribution < 1.29 is 18.2 Å². The molecule has 0 aliphatic carbocycles. The summed E-state index contributed by atoms with van der Waals surface area (Å²) in [6, 6.07) is 18.0. The summed E-state index contributed by atoms with van der Waals surface area (Å²) in [7, 11) is 0.369. The molecule has 140 valence electrons. The number of nitrogens with one attached hydrogen (secondary N) is 1. The number of furan rings is 1. The highest BCUT2D eigenvalue weighted by Crippen LogP contribution is 2.18. The molecule has 0 unspecified atom stereocenters. The first-order valence-corrected chi connectivity index (χ1v) is 10.3. The second kappa shape index (κ2) is 9.01. The lowest BCUT2D eigenvalue weighted by Gasteiger charge is -2.05. The summed E-state index contributed by atoms with van der Waals surface area (Å²) in [5.41, 5.74) is 0.951. The van der Waals surface area contributed by atoms with Gasteiger partial charge in [0.15, 0.2) is 5.76 Å². The summed E-state index contributed by atoms with van der Waals surface area (Å²) in [4.78, 5) is 12.9. The summed E-state index contributed by atoms with van der Waals surface area (Å²) in [5, 5.41) is 2.80. The number of carbonyl (C=O) groups excluding carboxylic acids is 1. The predicted molar refractivity (Wildman–Crippen MR) is 107 cm³/mol. The molecule has 0 radical (unpaired) electrons. The molecule has 0 fully saturated rings. The van der Waals surface area contributed by atoms with Crippen LogP contribution in [0.2, 0.25) is 0 Å². The van der Waals surface area contributed by atoms with Crippen molar-refractivity contribution in [2.24, 2.45) is 0 Å². The number of halogens is 1. The van der Waals surface area contributed by atoms with Gasteiger partial charge in [-0.3, -0.25) is 9.00 Å². The van der Waals surface area contributed by atoms with E-state index in [4.69, 9.17) is 9.15 Å². The van der Waals surface area contributed by atoms with Crippen molar-refractivity contribution in [1.29, 1.82) is 0 Å². The van der Waals surface area contributed by atoms with Crippen LogP contribution < -0.4 is 10.1 Å². The highest BCUT2D eigenvalue weighted by Gasteiger charge is 2.13. The zero-order valence-electron chi connectivity index (χ0n) is 14.6. The van der Waals surface area contributed by atoms with E-state index in [2.05, 4.69) is 21.2 Å². The van der Waals surface area contributed by atoms with Crippen molar-refractivity contribution in [3.8, 4) is 5.75 Å². The number of methoxy groups -OCH3 is 1. The van der Waals surface area contributed by atoms with E-state index in [-0.39, 0.29) is 17.4 Å². The lowest BCUT2D eigenvalue weighted by molar-refractivity contribution is 0.0921. The fourth-order valence-electron chi connectivity index (χ4n) is 2.39. The summed E-state index contributed by atoms with van der Waals surface area (Å²) in [6.07, 6.45) is 0. The third kappa shape index (κ3) is 5.30. The molecule has 2 aromatic carbocycles. The van der Waals surface area contributed by atoms with E-state index in [1.807, 2.05) is 36.4 Å². The van der Waals surface area contributed by atoms with Gasteiger partial charge in [0.05, 0.1) is 23.7 Å². The van der Waals surface area contributed by atoms with Crippen LogP contribution in [0.15, 0.2) is 74.4 Å². The van der Waals surface area contributed by atoms with Crippen molar-refractivity contribution in [3.05, 3.63) is 82.2 Å². The number of carbonyl (C=O) groups is 1. The topological polar surface area (TPSA) is 68.5 Å². The molecule has 0 saturated carbocycles. The van der Waals surface area contributed by atoms with Gasteiger partial charge in [-0.15, -0.1) is 0 Å². The quantitative estimate of drug-likeness (QED) is 0.586. The lowest BCUT2D eigenvalue weighted by atomic mass is 10.2. The van der Waals surface area contributed by atoms with Crippen molar-refractivity contribution in [2.75, 3.05) is 7.11 Å². The SMILES string of the molecule is COc1ccc(CNC(=O)c2ccc(C[S@](=O)c3ccc(Br)cc3)o2)cc1. The molecule has 1 aromatic heterocycles. The van der Waals surface area contributed by atoms with Gasteiger partial charge in [0.1, 0.15) is 11.5 Å². The Kier molecular flexibility index (Phi) is 6.47. The van der Waals surface area contributed by atoms with Gasteiger partial charge in [-0.05, 0) is 54.1 Å². The second-order valence-electron chi connectivity index (χ2n) is 5.74. The van der Waals surface area contributed by atoms with Gasteiger partial charge in [0, 0.05) is 15.9 Å². The molecule has 3 aromatic rings. The summed E-state index contributed by atoms with van der Waals surface area (Å²) >= 11 is 3.35. The van der Waals surface area contributed by atoms with Gasteiger partial charge in [0.2, 0.25) is 0 Å². The minimum Gasteiger partial charge on any atom is -0.497 e. The maximum Gasteiger partial charge on any atom is 0.287 e. The second-order valence-corrected chi connectivity index (χ2v) is 8.11. The summed E-state index contributed by atoms with van der Waals surface area (Å²) in [6.45, 7) is 0.379. The molecule has 3 rings (SSSR count). The molecule has 1 amide bonds. The van der Waals surface area contributed by atoms with Crippen LogP contribution in [0.1, 0.15) is 21.9 Å². The molecule has 0 aliphatic heterocycles. The first-order valence-electron chi connectivity index (χ1n) is 8.19. The molecule has 0 aliphatic rings. The normalized spacial score (nSPS) is 11.8. The number of benzene rings is 2. The molecular formula is C20H18BrNO4S. The van der Waals surface area contributed by atoms with E-state index in [9.17, 15) is 9.00 Å². The molecule has 1 heterocycles. The van der Waals surface area contributed by atoms with Crippen LogP contribution in [-0.4, -0.2) is 17.2 Å². The van der Waals surface area contributed by atoms with E-state index in [0.29, 0.717) is 17.2 Å². The monoisotopic (exact) mass is 447 g/mol. The minimum absolute atomic E-state index is 0.200. The smallest absolute Gasteiger partial charge is 0.287 e. The Morgan fingerprint density at radius 3 is 2.44 bits per heavy atom. The minimum atomic E-state index is -1.24. The third-order valence-electron chi connectivity index (χ3n) is 3.85. The maximum atomic E-state index is 12.4. The highest BCUT2D eigenvalue weighted by molar-refractivity contribution is 9.10. The number of hydrogen-bond acceptors (Lipinski definition) is 4. The van der Waals surface area contributed by atoms with E-state index >= 15 is 0 Å². The molecule has 1 atom stereocenters. The molecular weight excluding hydrogens is 430 g/mol. The molecule has 5 nitrogen and oxygen atoms in total. The zero-order valence-corrected chi connectivity index (χ0v) is 17.0. The van der Waals surface area contributed by atoms with Gasteiger partial charge in [-0.25, -0.2) is 0 Å². The van der Waals surface area contributed by atoms with E-state index in [0.717, 1.165) is 15.8 Å². The Hall–Kier alpha value is -2.38. The maximum absolute atomic E-state index is 12.4. The highest BCUT2D eigenvalue weighted by atomic mass is 79.9. The number of ether oxygens (including phenoxy) is 1. The van der Waals surface area contributed by atoms with Gasteiger partial charge in [0.25, 0.3) is 5.91 Å². The van der Waals surface area contributed by atoms with Crippen LogP contribution in [0.5, 0.6) is 5.75 Å². The fraction of sp³-hybridized carbons (Fsp3) is 0.150. The van der Waals surface area contributed by atoms with Crippen LogP contribution in [0, 0.1) is 0 Å². The van der Waals surface area contributed by atoms with Crippen LogP contribution >= 0.6 is 15.9 Å². The van der Waals surface area contributed by atoms with Crippen molar-refractivity contribution in [2.45, 2.75) is 17.2 Å². The van der Waals surface area contributed by atoms with Crippen LogP contribution in [0.25, 0.3) is 0 Å². The first-order chi connectivity index (χ1) is 13.0. The Labute approximate surface area is 168 Å². The van der Waals surface area contributed by atoms with Gasteiger partial charge in [-0.1, -0.05) is 28.1 Å². The predicted octanol–water partition coefficient (Wildman–Crippen LogP) is 4.29. The summed E-state index contributed by atoms with van der Waals surface area (Å²) in [5.74, 6) is 1.37. The number of rotatable bonds is 7. The Morgan fingerprint density at radius 2 is 1.78 bits per heavy atom. The van der Waals surface area contributed by atoms with E-state index in [1.165, 1.54) is 0 Å². The van der Waals surface area contributed by atoms with Gasteiger partial charge in [-0.2, -0.15) is 0 Å². The standard InChI is InChI=1S/C20H18BrNO4S/c1-25-16-6-2-14(3-7-16)12-22-20(23)19-11-8-17(26-19)13-27(24)18-9-4-15(21)5-10-18/h2-11H,12-13H2,1H3,(H,22,23)/t27-/m0/s1. The number of hydrogen-bond donors (Lipinski definition) is 1. The van der Waals surface area contributed by atoms with E-state index in [1.54, 1.807) is 31.4 Å².